The lowest BCUT2D eigenvalue weighted by Crippen LogP contribution is -2.20. The van der Waals surface area contributed by atoms with E-state index in [4.69, 9.17) is 4.74 Å². The number of para-hydroxylation sites is 2. The van der Waals surface area contributed by atoms with Gasteiger partial charge in [0.15, 0.2) is 6.61 Å². The summed E-state index contributed by atoms with van der Waals surface area (Å²) in [7, 11) is 0. The minimum absolute atomic E-state index is 0.134. The second-order valence-electron chi connectivity index (χ2n) is 4.88. The molecule has 0 fully saturated rings. The van der Waals surface area contributed by atoms with Gasteiger partial charge in [0.2, 0.25) is 5.91 Å². The van der Waals surface area contributed by atoms with E-state index in [-0.39, 0.29) is 18.4 Å². The third kappa shape index (κ3) is 4.63. The van der Waals surface area contributed by atoms with Gasteiger partial charge in [-0.1, -0.05) is 29.8 Å². The molecule has 0 heterocycles. The zero-order valence-electron chi connectivity index (χ0n) is 12.6. The fourth-order valence-corrected chi connectivity index (χ4v) is 1.86. The molecule has 114 valence electrons. The van der Waals surface area contributed by atoms with Gasteiger partial charge in [-0.05, 0) is 31.2 Å². The molecule has 2 aromatic carbocycles. The Kier molecular flexibility index (Phi) is 5.14. The number of carbonyl (C=O) groups is 2. The minimum atomic E-state index is -0.263. The molecule has 0 aliphatic carbocycles. The van der Waals surface area contributed by atoms with Crippen molar-refractivity contribution in [2.24, 2.45) is 0 Å². The van der Waals surface area contributed by atoms with Gasteiger partial charge < -0.3 is 15.4 Å². The third-order valence-corrected chi connectivity index (χ3v) is 2.89. The second-order valence-corrected chi connectivity index (χ2v) is 4.88. The molecule has 2 aromatic rings. The summed E-state index contributed by atoms with van der Waals surface area (Å²) in [5.41, 5.74) is 2.38. The number of carbonyl (C=O) groups excluding carboxylic acids is 2. The highest BCUT2D eigenvalue weighted by atomic mass is 16.5. The first-order valence-electron chi connectivity index (χ1n) is 6.90. The lowest BCUT2D eigenvalue weighted by Gasteiger charge is -2.11. The van der Waals surface area contributed by atoms with Crippen LogP contribution in [-0.2, 0) is 9.59 Å². The molecule has 0 aromatic heterocycles. The van der Waals surface area contributed by atoms with Crippen molar-refractivity contribution in [2.45, 2.75) is 13.8 Å². The smallest absolute Gasteiger partial charge is 0.262 e. The number of benzene rings is 2. The van der Waals surface area contributed by atoms with Crippen LogP contribution >= 0.6 is 0 Å². The zero-order valence-corrected chi connectivity index (χ0v) is 12.6. The summed E-state index contributed by atoms with van der Waals surface area (Å²) in [6, 6.07) is 14.5. The van der Waals surface area contributed by atoms with Gasteiger partial charge in [0.1, 0.15) is 5.75 Å². The molecule has 2 N–H and O–H groups in total. The molecule has 0 radical (unpaired) electrons. The molecule has 2 rings (SSSR count). The highest BCUT2D eigenvalue weighted by molar-refractivity contribution is 5.92. The predicted octanol–water partition coefficient (Wildman–Crippen LogP) is 2.97. The second kappa shape index (κ2) is 7.26. The van der Waals surface area contributed by atoms with Crippen LogP contribution in [0.5, 0.6) is 5.75 Å². The van der Waals surface area contributed by atoms with Gasteiger partial charge in [-0.15, -0.1) is 0 Å². The fraction of sp³-hybridized carbons (Fsp3) is 0.176. The number of amides is 2. The lowest BCUT2D eigenvalue weighted by atomic mass is 10.2. The van der Waals surface area contributed by atoms with Crippen molar-refractivity contribution in [1.29, 1.82) is 0 Å². The van der Waals surface area contributed by atoms with Crippen LogP contribution < -0.4 is 15.4 Å². The van der Waals surface area contributed by atoms with E-state index in [1.165, 1.54) is 6.92 Å². The van der Waals surface area contributed by atoms with Gasteiger partial charge in [-0.3, -0.25) is 9.59 Å². The average molecular weight is 298 g/mol. The monoisotopic (exact) mass is 298 g/mol. The molecule has 0 atom stereocenters. The Balaban J connectivity index is 1.93. The Labute approximate surface area is 129 Å². The zero-order chi connectivity index (χ0) is 15.9. The van der Waals surface area contributed by atoms with E-state index in [9.17, 15) is 9.59 Å². The summed E-state index contributed by atoms with van der Waals surface area (Å²) in [5.74, 6) is -0.00149. The maximum absolute atomic E-state index is 11.9. The van der Waals surface area contributed by atoms with E-state index < -0.39 is 0 Å². The first kappa shape index (κ1) is 15.6. The highest BCUT2D eigenvalue weighted by Crippen LogP contribution is 2.23. The molecule has 22 heavy (non-hydrogen) atoms. The fourth-order valence-electron chi connectivity index (χ4n) is 1.86. The predicted molar refractivity (Wildman–Crippen MR) is 86.0 cm³/mol. The van der Waals surface area contributed by atoms with Crippen molar-refractivity contribution in [2.75, 3.05) is 17.2 Å². The standard InChI is InChI=1S/C17H18N2O3/c1-12-7-9-14(10-8-12)19-17(21)11-22-16-6-4-3-5-15(16)18-13(2)20/h3-10H,11H2,1-2H3,(H,18,20)(H,19,21). The van der Waals surface area contributed by atoms with Crippen LogP contribution in [0.25, 0.3) is 0 Å². The van der Waals surface area contributed by atoms with Crippen LogP contribution in [0.15, 0.2) is 48.5 Å². The number of hydrogen-bond acceptors (Lipinski definition) is 3. The van der Waals surface area contributed by atoms with Crippen molar-refractivity contribution in [3.63, 3.8) is 0 Å². The van der Waals surface area contributed by atoms with E-state index in [0.717, 1.165) is 5.56 Å². The molecule has 0 aliphatic rings. The molecular formula is C17H18N2O3. The minimum Gasteiger partial charge on any atom is -0.482 e. The van der Waals surface area contributed by atoms with Gasteiger partial charge in [0.05, 0.1) is 5.69 Å². The van der Waals surface area contributed by atoms with E-state index in [1.807, 2.05) is 31.2 Å². The SMILES string of the molecule is CC(=O)Nc1ccccc1OCC(=O)Nc1ccc(C)cc1. The topological polar surface area (TPSA) is 67.4 Å². The van der Waals surface area contributed by atoms with Crippen LogP contribution in [0.1, 0.15) is 12.5 Å². The largest absolute Gasteiger partial charge is 0.482 e. The van der Waals surface area contributed by atoms with E-state index in [1.54, 1.807) is 24.3 Å². The Hall–Kier alpha value is -2.82. The first-order chi connectivity index (χ1) is 10.5. The van der Waals surface area contributed by atoms with Gasteiger partial charge in [0, 0.05) is 12.6 Å². The van der Waals surface area contributed by atoms with Crippen LogP contribution in [0.4, 0.5) is 11.4 Å². The normalized spacial score (nSPS) is 9.91. The summed E-state index contributed by atoms with van der Waals surface area (Å²) < 4.78 is 5.47. The highest BCUT2D eigenvalue weighted by Gasteiger charge is 2.08. The molecular weight excluding hydrogens is 280 g/mol. The number of anilines is 2. The van der Waals surface area contributed by atoms with Crippen molar-refractivity contribution in [1.82, 2.24) is 0 Å². The Morgan fingerprint density at radius 2 is 1.68 bits per heavy atom. The number of rotatable bonds is 5. The van der Waals surface area contributed by atoms with Crippen molar-refractivity contribution >= 4 is 23.2 Å². The molecule has 0 spiro atoms. The first-order valence-corrected chi connectivity index (χ1v) is 6.90. The van der Waals surface area contributed by atoms with Gasteiger partial charge >= 0.3 is 0 Å². The third-order valence-electron chi connectivity index (χ3n) is 2.89. The van der Waals surface area contributed by atoms with E-state index in [2.05, 4.69) is 10.6 Å². The van der Waals surface area contributed by atoms with Crippen LogP contribution in [0.3, 0.4) is 0 Å². The van der Waals surface area contributed by atoms with Crippen LogP contribution in [0, 0.1) is 6.92 Å². The molecule has 0 unspecified atom stereocenters. The molecule has 0 aliphatic heterocycles. The average Bonchev–Trinajstić information content (AvgIpc) is 2.48. The van der Waals surface area contributed by atoms with Gasteiger partial charge in [-0.25, -0.2) is 0 Å². The summed E-state index contributed by atoms with van der Waals surface area (Å²) in [4.78, 5) is 23.0. The van der Waals surface area contributed by atoms with Crippen molar-refractivity contribution in [3.05, 3.63) is 54.1 Å². The Morgan fingerprint density at radius 1 is 1.00 bits per heavy atom. The summed E-state index contributed by atoms with van der Waals surface area (Å²) >= 11 is 0. The lowest BCUT2D eigenvalue weighted by molar-refractivity contribution is -0.118. The maximum atomic E-state index is 11.9. The van der Waals surface area contributed by atoms with Gasteiger partial charge in [0.25, 0.3) is 5.91 Å². The van der Waals surface area contributed by atoms with Gasteiger partial charge in [-0.2, -0.15) is 0 Å². The Bertz CT molecular complexity index is 666. The summed E-state index contributed by atoms with van der Waals surface area (Å²) in [6.45, 7) is 3.26. The van der Waals surface area contributed by atoms with Crippen LogP contribution in [-0.4, -0.2) is 18.4 Å². The summed E-state index contributed by atoms with van der Waals surface area (Å²) in [6.07, 6.45) is 0. The van der Waals surface area contributed by atoms with Crippen molar-refractivity contribution < 1.29 is 14.3 Å². The number of hydrogen-bond donors (Lipinski definition) is 2. The number of aryl methyl sites for hydroxylation is 1. The summed E-state index contributed by atoms with van der Waals surface area (Å²) in [5, 5.41) is 5.41. The molecule has 0 bridgehead atoms. The molecule has 2 amide bonds. The van der Waals surface area contributed by atoms with Crippen molar-refractivity contribution in [3.8, 4) is 5.75 Å². The van der Waals surface area contributed by atoms with E-state index in [0.29, 0.717) is 17.1 Å². The molecule has 5 heteroatoms. The van der Waals surface area contributed by atoms with Crippen LogP contribution in [0.2, 0.25) is 0 Å². The molecule has 0 saturated heterocycles. The quantitative estimate of drug-likeness (QED) is 0.891. The van der Waals surface area contributed by atoms with E-state index >= 15 is 0 Å². The maximum Gasteiger partial charge on any atom is 0.262 e. The molecule has 5 nitrogen and oxygen atoms in total. The Morgan fingerprint density at radius 3 is 2.36 bits per heavy atom. The number of ether oxygens (including phenoxy) is 1. The number of nitrogens with one attached hydrogen (secondary N) is 2. The molecule has 0 saturated carbocycles.